The second-order valence-electron chi connectivity index (χ2n) is 8.83. The monoisotopic (exact) mass is 583 g/mol. The predicted molar refractivity (Wildman–Crippen MR) is 138 cm³/mol. The molecule has 1 heterocycles. The van der Waals surface area contributed by atoms with E-state index < -0.39 is 46.9 Å². The average molecular weight is 584 g/mol. The molecule has 40 heavy (non-hydrogen) atoms. The molecule has 0 saturated heterocycles. The fourth-order valence-electron chi connectivity index (χ4n) is 3.75. The Morgan fingerprint density at radius 2 is 1.60 bits per heavy atom. The first-order valence-corrected chi connectivity index (χ1v) is 12.3. The highest BCUT2D eigenvalue weighted by molar-refractivity contribution is 6.30. The van der Waals surface area contributed by atoms with E-state index in [1.54, 1.807) is 48.7 Å². The SMILES string of the molecule is CN(C(=O)c1cc(C(F)(F)F)cc(C(F)(F)F)c1)C(/C=C/C(=O)NCCc1ccccn1)Cc1ccc(Cl)cc1. The van der Waals surface area contributed by atoms with E-state index in [4.69, 9.17) is 11.6 Å². The van der Waals surface area contributed by atoms with Crippen LogP contribution in [0, 0.1) is 0 Å². The summed E-state index contributed by atoms with van der Waals surface area (Å²) in [5.41, 5.74) is -2.57. The second-order valence-corrected chi connectivity index (χ2v) is 9.27. The van der Waals surface area contributed by atoms with E-state index in [0.717, 1.165) is 16.7 Å². The Labute approximate surface area is 231 Å². The molecule has 212 valence electrons. The number of amides is 2. The second kappa shape index (κ2) is 13.0. The maximum atomic E-state index is 13.3. The first-order valence-electron chi connectivity index (χ1n) is 11.9. The van der Waals surface area contributed by atoms with Gasteiger partial charge in [-0.25, -0.2) is 0 Å². The van der Waals surface area contributed by atoms with Gasteiger partial charge in [0.05, 0.1) is 17.2 Å². The highest BCUT2D eigenvalue weighted by Gasteiger charge is 2.38. The summed E-state index contributed by atoms with van der Waals surface area (Å²) in [4.78, 5) is 30.8. The summed E-state index contributed by atoms with van der Waals surface area (Å²) in [6, 6.07) is 11.6. The van der Waals surface area contributed by atoms with Crippen molar-refractivity contribution >= 4 is 23.4 Å². The number of carbonyl (C=O) groups is 2. The summed E-state index contributed by atoms with van der Waals surface area (Å²) >= 11 is 5.92. The van der Waals surface area contributed by atoms with Crippen molar-refractivity contribution in [3.05, 3.63) is 112 Å². The molecule has 2 aromatic carbocycles. The maximum Gasteiger partial charge on any atom is 0.416 e. The molecule has 1 aromatic heterocycles. The van der Waals surface area contributed by atoms with Gasteiger partial charge < -0.3 is 10.2 Å². The molecular weight excluding hydrogens is 560 g/mol. The molecule has 0 aliphatic rings. The summed E-state index contributed by atoms with van der Waals surface area (Å²) in [5, 5.41) is 3.11. The molecule has 0 radical (unpaired) electrons. The van der Waals surface area contributed by atoms with Gasteiger partial charge >= 0.3 is 12.4 Å². The molecule has 3 aromatic rings. The van der Waals surface area contributed by atoms with Crippen molar-refractivity contribution in [2.45, 2.75) is 31.2 Å². The normalized spacial score (nSPS) is 12.8. The van der Waals surface area contributed by atoms with Crippen molar-refractivity contribution in [1.29, 1.82) is 0 Å². The van der Waals surface area contributed by atoms with Crippen molar-refractivity contribution in [2.24, 2.45) is 0 Å². The van der Waals surface area contributed by atoms with E-state index in [2.05, 4.69) is 10.3 Å². The van der Waals surface area contributed by atoms with Crippen molar-refractivity contribution in [3.8, 4) is 0 Å². The van der Waals surface area contributed by atoms with E-state index >= 15 is 0 Å². The number of halogens is 7. The minimum absolute atomic E-state index is 0.0445. The van der Waals surface area contributed by atoms with Crippen molar-refractivity contribution in [3.63, 3.8) is 0 Å². The van der Waals surface area contributed by atoms with Crippen LogP contribution in [0.5, 0.6) is 0 Å². The number of hydrogen-bond donors (Lipinski definition) is 1. The molecule has 12 heteroatoms. The standard InChI is InChI=1S/C28H24ClF6N3O2/c1-38(26(40)19-15-20(27(30,31)32)17-21(16-19)28(33,34)35)24(14-18-5-7-22(29)8-6-18)9-10-25(39)37-13-11-23-4-2-3-12-36-23/h2-10,12,15-17,24H,11,13-14H2,1H3,(H,37,39)/b10-9+. The largest absolute Gasteiger partial charge is 0.416 e. The zero-order chi connectivity index (χ0) is 29.5. The van der Waals surface area contributed by atoms with Crippen molar-refractivity contribution in [2.75, 3.05) is 13.6 Å². The van der Waals surface area contributed by atoms with Gasteiger partial charge in [0.2, 0.25) is 5.91 Å². The summed E-state index contributed by atoms with van der Waals surface area (Å²) in [6.45, 7) is 0.265. The van der Waals surface area contributed by atoms with Crippen LogP contribution >= 0.6 is 11.6 Å². The topological polar surface area (TPSA) is 62.3 Å². The van der Waals surface area contributed by atoms with Gasteiger partial charge in [-0.3, -0.25) is 14.6 Å². The predicted octanol–water partition coefficient (Wildman–Crippen LogP) is 6.37. The molecule has 0 aliphatic carbocycles. The van der Waals surface area contributed by atoms with Gasteiger partial charge in [0.1, 0.15) is 0 Å². The molecule has 5 nitrogen and oxygen atoms in total. The Bertz CT molecular complexity index is 1310. The number of alkyl halides is 6. The minimum atomic E-state index is -5.11. The number of nitrogens with one attached hydrogen (secondary N) is 1. The van der Waals surface area contributed by atoms with Crippen LogP contribution < -0.4 is 5.32 Å². The third-order valence-corrected chi connectivity index (χ3v) is 6.14. The number of rotatable bonds is 9. The number of carbonyl (C=O) groups excluding carboxylic acids is 2. The fraction of sp³-hybridized carbons (Fsp3) is 0.250. The van der Waals surface area contributed by atoms with Crippen LogP contribution in [0.4, 0.5) is 26.3 Å². The van der Waals surface area contributed by atoms with Crippen LogP contribution in [0.15, 0.2) is 79.0 Å². The first kappa shape index (κ1) is 30.7. The Morgan fingerprint density at radius 3 is 2.15 bits per heavy atom. The first-order chi connectivity index (χ1) is 18.7. The number of aromatic nitrogens is 1. The summed E-state index contributed by atoms with van der Waals surface area (Å²) in [7, 11) is 1.24. The molecule has 1 unspecified atom stereocenters. The number of hydrogen-bond acceptors (Lipinski definition) is 3. The number of pyridine rings is 1. The Kier molecular flexibility index (Phi) is 9.97. The molecule has 1 N–H and O–H groups in total. The van der Waals surface area contributed by atoms with Crippen LogP contribution in [-0.4, -0.2) is 41.3 Å². The van der Waals surface area contributed by atoms with Gasteiger partial charge in [0.25, 0.3) is 5.91 Å². The van der Waals surface area contributed by atoms with Crippen LogP contribution in [0.25, 0.3) is 0 Å². The molecule has 1 atom stereocenters. The molecule has 0 bridgehead atoms. The summed E-state index contributed by atoms with van der Waals surface area (Å²) in [5.74, 6) is -1.59. The van der Waals surface area contributed by atoms with E-state index in [-0.39, 0.29) is 19.0 Å². The van der Waals surface area contributed by atoms with Crippen molar-refractivity contribution in [1.82, 2.24) is 15.2 Å². The van der Waals surface area contributed by atoms with Crippen LogP contribution in [-0.2, 0) is 30.0 Å². The molecule has 2 amide bonds. The molecular formula is C28H24ClF6N3O2. The lowest BCUT2D eigenvalue weighted by Crippen LogP contribution is -2.38. The van der Waals surface area contributed by atoms with Gasteiger partial charge in [0.15, 0.2) is 0 Å². The lowest BCUT2D eigenvalue weighted by atomic mass is 10.0. The zero-order valence-corrected chi connectivity index (χ0v) is 21.8. The highest BCUT2D eigenvalue weighted by atomic mass is 35.5. The minimum Gasteiger partial charge on any atom is -0.352 e. The molecule has 3 rings (SSSR count). The van der Waals surface area contributed by atoms with Gasteiger partial charge in [-0.1, -0.05) is 35.9 Å². The summed E-state index contributed by atoms with van der Waals surface area (Å²) < 4.78 is 80.0. The number of likely N-dealkylation sites (N-methyl/N-ethyl adjacent to an activating group) is 1. The number of nitrogens with zero attached hydrogens (tertiary/aromatic N) is 2. The van der Waals surface area contributed by atoms with Crippen LogP contribution in [0.1, 0.15) is 32.7 Å². The smallest absolute Gasteiger partial charge is 0.352 e. The number of benzene rings is 2. The summed E-state index contributed by atoms with van der Waals surface area (Å²) in [6.07, 6.45) is -5.51. The highest BCUT2D eigenvalue weighted by Crippen LogP contribution is 2.36. The van der Waals surface area contributed by atoms with E-state index in [1.807, 2.05) is 0 Å². The Balaban J connectivity index is 1.85. The van der Waals surface area contributed by atoms with Gasteiger partial charge in [-0.2, -0.15) is 26.3 Å². The van der Waals surface area contributed by atoms with E-state index in [1.165, 1.54) is 13.1 Å². The van der Waals surface area contributed by atoms with Gasteiger partial charge in [-0.15, -0.1) is 0 Å². The Hall–Kier alpha value is -3.86. The van der Waals surface area contributed by atoms with Crippen LogP contribution in [0.2, 0.25) is 5.02 Å². The maximum absolute atomic E-state index is 13.3. The molecule has 0 fully saturated rings. The van der Waals surface area contributed by atoms with Crippen molar-refractivity contribution < 1.29 is 35.9 Å². The van der Waals surface area contributed by atoms with Crippen LogP contribution in [0.3, 0.4) is 0 Å². The molecule has 0 saturated carbocycles. The lowest BCUT2D eigenvalue weighted by Gasteiger charge is -2.27. The van der Waals surface area contributed by atoms with E-state index in [0.29, 0.717) is 29.1 Å². The molecule has 0 aliphatic heterocycles. The fourth-order valence-corrected chi connectivity index (χ4v) is 3.87. The molecule has 0 spiro atoms. The third kappa shape index (κ3) is 8.84. The lowest BCUT2D eigenvalue weighted by molar-refractivity contribution is -0.143. The van der Waals surface area contributed by atoms with E-state index in [9.17, 15) is 35.9 Å². The van der Waals surface area contributed by atoms with Gasteiger partial charge in [-0.05, 0) is 54.4 Å². The quantitative estimate of drug-likeness (QED) is 0.235. The van der Waals surface area contributed by atoms with Gasteiger partial charge in [0, 0.05) is 48.6 Å². The third-order valence-electron chi connectivity index (χ3n) is 5.89. The zero-order valence-electron chi connectivity index (χ0n) is 21.1. The average Bonchev–Trinajstić information content (AvgIpc) is 2.90. The Morgan fingerprint density at radius 1 is 0.975 bits per heavy atom.